The van der Waals surface area contributed by atoms with E-state index in [0.717, 1.165) is 54.4 Å². The molecule has 10 aromatic rings. The van der Waals surface area contributed by atoms with Crippen LogP contribution in [-0.4, -0.2) is 140 Å². The Hall–Kier alpha value is -9.10. The van der Waals surface area contributed by atoms with Crippen LogP contribution in [0.5, 0.6) is 11.5 Å². The standard InChI is InChI=1S/C28H24N6O3.C24H21BrN4O3.C5H6N2/c1-37-23-7-6-20(22-17-29-10-11-30-22)25-24(23)21(16-32-25)26(35)28(36)34-14-12-33(13-15-34)27-19-5-3-2-4-18(19)8-9-31-27;1-32-19-7-6-18(25)21-20(19)17(14-27-21)22(30)24(31)29-12-10-28(11-13-29)23-16-5-3-2-4-15(16)8-9-26-23;1-5-4-6-2-3-7-5/h2-11,16-17,32H,12-15H2,1H3;2-9,14,27H,10-13H2,1H3;2-4H,1H3. The third kappa shape index (κ3) is 10.2. The summed E-state index contributed by atoms with van der Waals surface area (Å²) >= 11 is 3.48. The Labute approximate surface area is 444 Å². The van der Waals surface area contributed by atoms with E-state index in [0.29, 0.717) is 91.4 Å². The minimum absolute atomic E-state index is 0.278. The van der Waals surface area contributed by atoms with Gasteiger partial charge in [0.1, 0.15) is 23.1 Å². The van der Waals surface area contributed by atoms with Crippen LogP contribution in [0.4, 0.5) is 11.6 Å². The fourth-order valence-corrected chi connectivity index (χ4v) is 10.0. The normalized spacial score (nSPS) is 13.5. The molecule has 0 radical (unpaired) electrons. The number of aromatic amines is 2. The number of amides is 2. The summed E-state index contributed by atoms with van der Waals surface area (Å²) in [4.78, 5) is 92.2. The number of hydrogen-bond acceptors (Lipinski definition) is 14. The van der Waals surface area contributed by atoms with Crippen molar-refractivity contribution in [3.8, 4) is 22.8 Å². The first-order valence-electron chi connectivity index (χ1n) is 24.5. The van der Waals surface area contributed by atoms with Crippen molar-refractivity contribution >= 4 is 94.3 Å². The molecule has 2 aliphatic rings. The third-order valence-electron chi connectivity index (χ3n) is 13.4. The molecular weight excluding hydrogens is 1030 g/mol. The zero-order valence-electron chi connectivity index (χ0n) is 41.8. The van der Waals surface area contributed by atoms with Gasteiger partial charge in [0.25, 0.3) is 23.4 Å². The predicted molar refractivity (Wildman–Crippen MR) is 295 cm³/mol. The molecule has 2 amide bonds. The highest BCUT2D eigenvalue weighted by Gasteiger charge is 2.32. The Morgan fingerprint density at radius 2 is 1.01 bits per heavy atom. The number of benzene rings is 4. The van der Waals surface area contributed by atoms with Gasteiger partial charge in [-0.15, -0.1) is 0 Å². The lowest BCUT2D eigenvalue weighted by Gasteiger charge is -2.35. The van der Waals surface area contributed by atoms with Crippen LogP contribution in [0, 0.1) is 6.92 Å². The number of anilines is 2. The van der Waals surface area contributed by atoms with Gasteiger partial charge < -0.3 is 39.0 Å². The minimum atomic E-state index is -0.572. The van der Waals surface area contributed by atoms with E-state index in [-0.39, 0.29) is 5.56 Å². The first-order chi connectivity index (χ1) is 37.1. The molecule has 2 N–H and O–H groups in total. The van der Waals surface area contributed by atoms with Crippen LogP contribution in [0.1, 0.15) is 26.4 Å². The number of carbonyl (C=O) groups excluding carboxylic acids is 4. The van der Waals surface area contributed by atoms with Crippen LogP contribution in [-0.2, 0) is 9.59 Å². The van der Waals surface area contributed by atoms with Gasteiger partial charge in [-0.2, -0.15) is 0 Å². The SMILES string of the molecule is COc1ccc(-c2cnccn2)c2[nH]cc(C(=O)C(=O)N3CCN(c4nccc5ccccc45)CC3)c12.COc1ccc(Br)c2[nH]cc(C(=O)C(=O)N3CCN(c4nccc5ccccc45)CC3)c12.Cc1cnccn1. The first kappa shape index (κ1) is 50.4. The Bertz CT molecular complexity index is 3730. The van der Waals surface area contributed by atoms with Crippen molar-refractivity contribution < 1.29 is 28.7 Å². The van der Waals surface area contributed by atoms with Gasteiger partial charge in [-0.25, -0.2) is 9.97 Å². The summed E-state index contributed by atoms with van der Waals surface area (Å²) < 4.78 is 11.8. The van der Waals surface area contributed by atoms with E-state index in [1.165, 1.54) is 0 Å². The molecule has 2 aliphatic heterocycles. The van der Waals surface area contributed by atoms with E-state index in [2.05, 4.69) is 89.9 Å². The second-order valence-electron chi connectivity index (χ2n) is 17.8. The zero-order valence-corrected chi connectivity index (χ0v) is 43.4. The highest BCUT2D eigenvalue weighted by atomic mass is 79.9. The Balaban J connectivity index is 0.000000154. The maximum atomic E-state index is 13.4. The molecule has 0 bridgehead atoms. The molecule has 2 saturated heterocycles. The number of aromatic nitrogens is 8. The number of fused-ring (bicyclic) bond motifs is 4. The quantitative estimate of drug-likeness (QED) is 0.103. The minimum Gasteiger partial charge on any atom is -0.496 e. The lowest BCUT2D eigenvalue weighted by Crippen LogP contribution is -2.50. The predicted octanol–water partition coefficient (Wildman–Crippen LogP) is 8.52. The summed E-state index contributed by atoms with van der Waals surface area (Å²) in [5.41, 5.74) is 4.38. The van der Waals surface area contributed by atoms with Crippen molar-refractivity contribution in [2.24, 2.45) is 0 Å². The van der Waals surface area contributed by atoms with Gasteiger partial charge >= 0.3 is 0 Å². The number of nitrogens with one attached hydrogen (secondary N) is 2. The van der Waals surface area contributed by atoms with Crippen LogP contribution in [0.25, 0.3) is 54.6 Å². The van der Waals surface area contributed by atoms with E-state index < -0.39 is 23.4 Å². The first-order valence-corrected chi connectivity index (χ1v) is 25.3. The summed E-state index contributed by atoms with van der Waals surface area (Å²) in [7, 11) is 3.09. The molecule has 382 valence electrons. The van der Waals surface area contributed by atoms with Crippen LogP contribution in [0.15, 0.2) is 151 Å². The summed E-state index contributed by atoms with van der Waals surface area (Å²) in [5.74, 6) is 0.723. The van der Waals surface area contributed by atoms with E-state index in [9.17, 15) is 19.2 Å². The molecule has 19 heteroatoms. The highest BCUT2D eigenvalue weighted by molar-refractivity contribution is 9.10. The molecule has 0 aliphatic carbocycles. The molecule has 12 rings (SSSR count). The zero-order chi connectivity index (χ0) is 52.7. The number of H-pyrrole nitrogens is 2. The Kier molecular flexibility index (Phi) is 15.0. The molecule has 0 atom stereocenters. The number of ether oxygens (including phenoxy) is 2. The fraction of sp³-hybridized carbons (Fsp3) is 0.193. The number of pyridine rings is 2. The molecule has 8 heterocycles. The topological polar surface area (TPSA) is 209 Å². The second-order valence-corrected chi connectivity index (χ2v) is 18.7. The van der Waals surface area contributed by atoms with Gasteiger partial charge in [-0.1, -0.05) is 48.5 Å². The maximum absolute atomic E-state index is 13.4. The average Bonchev–Trinajstić information content (AvgIpc) is 4.15. The van der Waals surface area contributed by atoms with Crippen molar-refractivity contribution in [3.63, 3.8) is 0 Å². The number of aryl methyl sites for hydroxylation is 1. The van der Waals surface area contributed by atoms with E-state index in [1.54, 1.807) is 98.1 Å². The van der Waals surface area contributed by atoms with Crippen LogP contribution in [0.2, 0.25) is 0 Å². The van der Waals surface area contributed by atoms with Crippen LogP contribution >= 0.6 is 15.9 Å². The summed E-state index contributed by atoms with van der Waals surface area (Å²) in [6, 6.07) is 27.5. The van der Waals surface area contributed by atoms with E-state index in [1.807, 2.05) is 55.5 Å². The molecule has 0 saturated carbocycles. The van der Waals surface area contributed by atoms with Crippen molar-refractivity contribution in [1.29, 1.82) is 0 Å². The molecule has 0 spiro atoms. The monoisotopic (exact) mass is 1080 g/mol. The van der Waals surface area contributed by atoms with Crippen molar-refractivity contribution in [1.82, 2.24) is 49.7 Å². The molecule has 4 aromatic carbocycles. The molecule has 76 heavy (non-hydrogen) atoms. The van der Waals surface area contributed by atoms with Crippen molar-refractivity contribution in [2.75, 3.05) is 76.4 Å². The number of ketones is 2. The van der Waals surface area contributed by atoms with Crippen LogP contribution < -0.4 is 19.3 Å². The molecular formula is C57H51BrN12O6. The molecule has 0 unspecified atom stereocenters. The molecule has 18 nitrogen and oxygen atoms in total. The third-order valence-corrected chi connectivity index (χ3v) is 14.1. The number of methoxy groups -OCH3 is 2. The van der Waals surface area contributed by atoms with E-state index >= 15 is 0 Å². The van der Waals surface area contributed by atoms with Gasteiger partial charge in [-0.3, -0.25) is 39.1 Å². The number of hydrogen-bond donors (Lipinski definition) is 2. The van der Waals surface area contributed by atoms with Crippen LogP contribution in [0.3, 0.4) is 0 Å². The maximum Gasteiger partial charge on any atom is 0.295 e. The second kappa shape index (κ2) is 22.6. The molecule has 6 aromatic heterocycles. The number of nitrogens with zero attached hydrogens (tertiary/aromatic N) is 10. The van der Waals surface area contributed by atoms with Gasteiger partial charge in [0, 0.05) is 129 Å². The number of rotatable bonds is 9. The lowest BCUT2D eigenvalue weighted by atomic mass is 10.0. The average molecular weight is 1080 g/mol. The smallest absolute Gasteiger partial charge is 0.295 e. The largest absolute Gasteiger partial charge is 0.496 e. The highest BCUT2D eigenvalue weighted by Crippen LogP contribution is 2.37. The van der Waals surface area contributed by atoms with Crippen molar-refractivity contribution in [3.05, 3.63) is 168 Å². The van der Waals surface area contributed by atoms with Gasteiger partial charge in [0.15, 0.2) is 0 Å². The molecule has 2 fully saturated rings. The number of carbonyl (C=O) groups is 4. The summed E-state index contributed by atoms with van der Waals surface area (Å²) in [5, 5.41) is 5.58. The fourth-order valence-electron chi connectivity index (χ4n) is 9.60. The number of Topliss-reactive ketones (excluding diaryl/α,β-unsaturated/α-hetero) is 2. The van der Waals surface area contributed by atoms with E-state index in [4.69, 9.17) is 9.47 Å². The number of piperazine rings is 2. The number of halogens is 1. The lowest BCUT2D eigenvalue weighted by molar-refractivity contribution is -0.127. The van der Waals surface area contributed by atoms with Gasteiger partial charge in [0.05, 0.1) is 64.7 Å². The van der Waals surface area contributed by atoms with Gasteiger partial charge in [-0.05, 0) is 70.0 Å². The summed E-state index contributed by atoms with van der Waals surface area (Å²) in [6.07, 6.45) is 16.7. The van der Waals surface area contributed by atoms with Crippen molar-refractivity contribution in [2.45, 2.75) is 6.92 Å². The Morgan fingerprint density at radius 3 is 1.49 bits per heavy atom. The Morgan fingerprint density at radius 1 is 0.526 bits per heavy atom. The summed E-state index contributed by atoms with van der Waals surface area (Å²) in [6.45, 7) is 6.09. The van der Waals surface area contributed by atoms with Gasteiger partial charge in [0.2, 0.25) is 0 Å².